The van der Waals surface area contributed by atoms with E-state index in [1.54, 1.807) is 0 Å². The van der Waals surface area contributed by atoms with E-state index in [0.717, 1.165) is 0 Å². The maximum Gasteiger partial charge on any atom is 3.00 e. The maximum atomic E-state index is 6.26. The van der Waals surface area contributed by atoms with Gasteiger partial charge in [-0.05, 0) is 0 Å². The van der Waals surface area contributed by atoms with Crippen molar-refractivity contribution in [3.05, 3.63) is 34.4 Å². The topological polar surface area (TPSA) is 143 Å². The molecule has 0 spiro atoms. The van der Waals surface area contributed by atoms with Crippen LogP contribution in [-0.2, 0) is 16.8 Å². The largest absolute Gasteiger partial charge is 3.00 e. The van der Waals surface area contributed by atoms with Gasteiger partial charge >= 0.3 is 16.8 Å². The van der Waals surface area contributed by atoms with E-state index in [9.17, 15) is 0 Å². The Morgan fingerprint density at radius 2 is 0.438 bits per heavy atom. The summed E-state index contributed by atoms with van der Waals surface area (Å²) in [6, 6.07) is 0. The summed E-state index contributed by atoms with van der Waals surface area (Å²) in [6.07, 6.45) is 0. The number of hydrogen-bond donors (Lipinski definition) is 0. The molecule has 0 unspecified atom stereocenters. The predicted octanol–water partition coefficient (Wildman–Crippen LogP) is -5.72. The quantitative estimate of drug-likeness (QED) is 0.280. The molecule has 0 rings (SSSR count). The molecular formula is C6H18CoI3N6-6. The fraction of sp³-hybridized carbons (Fsp3) is 1.00. The van der Waals surface area contributed by atoms with Crippen LogP contribution in [0.5, 0.6) is 0 Å². The van der Waals surface area contributed by atoms with Crippen LogP contribution in [0.1, 0.15) is 0 Å². The van der Waals surface area contributed by atoms with Gasteiger partial charge in [0.25, 0.3) is 0 Å². The Hall–Kier alpha value is 2.46. The fourth-order valence-corrected chi connectivity index (χ4v) is 0. The first-order chi connectivity index (χ1) is 5.74. The molecule has 0 heterocycles. The molecule has 16 heavy (non-hydrogen) atoms. The van der Waals surface area contributed by atoms with Gasteiger partial charge in [-0.2, -0.15) is 39.3 Å². The molecule has 0 aliphatic rings. The summed E-state index contributed by atoms with van der Waals surface area (Å²) < 4.78 is 0. The molecule has 0 aliphatic carbocycles. The van der Waals surface area contributed by atoms with Gasteiger partial charge in [-0.15, -0.1) is 0 Å². The Kier molecular flexibility index (Phi) is 177. The first-order valence-electron chi connectivity index (χ1n) is 3.62. The summed E-state index contributed by atoms with van der Waals surface area (Å²) in [6.45, 7) is 1.42. The summed E-state index contributed by atoms with van der Waals surface area (Å²) in [5.74, 6) is 0. The van der Waals surface area contributed by atoms with E-state index in [0.29, 0.717) is 0 Å². The zero-order valence-corrected chi connectivity index (χ0v) is 16.2. The normalized spacial score (nSPS) is 5.62. The zero-order chi connectivity index (χ0) is 10.2. The van der Waals surface area contributed by atoms with Crippen molar-refractivity contribution < 1.29 is 88.7 Å². The predicted molar refractivity (Wildman–Crippen MR) is 55.1 cm³/mol. The van der Waals surface area contributed by atoms with Gasteiger partial charge in [0.05, 0.1) is 0 Å². The second kappa shape index (κ2) is 66.1. The van der Waals surface area contributed by atoms with E-state index >= 15 is 0 Å². The fourth-order valence-electron chi connectivity index (χ4n) is 0. The van der Waals surface area contributed by atoms with Gasteiger partial charge in [0.2, 0.25) is 0 Å². The van der Waals surface area contributed by atoms with Gasteiger partial charge < -0.3 is 106 Å². The standard InChI is InChI=1S/3C2H6N2.Co.3HI/c3*3-1-2-4;;;;/h3*3-4H,1-2H2;;3*1H/q3*-2;+3;;;/p-3. The van der Waals surface area contributed by atoms with Crippen LogP contribution >= 0.6 is 0 Å². The summed E-state index contributed by atoms with van der Waals surface area (Å²) in [5.41, 5.74) is 37.6. The molecule has 0 saturated heterocycles. The molecule has 0 aromatic rings. The minimum atomic E-state index is 0. The molecule has 10 heteroatoms. The van der Waals surface area contributed by atoms with E-state index in [1.807, 2.05) is 0 Å². The minimum absolute atomic E-state index is 0. The third-order valence-electron chi connectivity index (χ3n) is 0.375. The molecule has 6 nitrogen and oxygen atoms in total. The zero-order valence-electron chi connectivity index (χ0n) is 8.71. The van der Waals surface area contributed by atoms with Gasteiger partial charge in [0, 0.05) is 0 Å². The average Bonchev–Trinajstić information content (AvgIpc) is 2.18. The van der Waals surface area contributed by atoms with Gasteiger partial charge in [0.1, 0.15) is 0 Å². The average molecular weight is 614 g/mol. The van der Waals surface area contributed by atoms with E-state index in [1.165, 1.54) is 0 Å². The summed E-state index contributed by atoms with van der Waals surface area (Å²) >= 11 is 0. The van der Waals surface area contributed by atoms with E-state index in [2.05, 4.69) is 0 Å². The smallest absolute Gasteiger partial charge is 1.00 e. The van der Waals surface area contributed by atoms with E-state index < -0.39 is 0 Å². The summed E-state index contributed by atoms with van der Waals surface area (Å²) in [7, 11) is 0. The first kappa shape index (κ1) is 42.9. The van der Waals surface area contributed by atoms with Crippen molar-refractivity contribution in [2.45, 2.75) is 0 Å². The SMILES string of the molecule is [Co+3].[I-].[I-].[I-].[NH-]CC[NH-].[NH-]CC[NH-].[NH-]CC[NH-]. The van der Waals surface area contributed by atoms with Crippen LogP contribution in [0, 0.1) is 0 Å². The van der Waals surface area contributed by atoms with Gasteiger partial charge in [0.15, 0.2) is 0 Å². The molecule has 108 valence electrons. The van der Waals surface area contributed by atoms with Crippen molar-refractivity contribution in [1.82, 2.24) is 0 Å². The molecule has 0 fully saturated rings. The second-order valence-electron chi connectivity index (χ2n) is 1.50. The van der Waals surface area contributed by atoms with Crippen LogP contribution < -0.4 is 71.9 Å². The number of hydrogen-bond acceptors (Lipinski definition) is 0. The Labute approximate surface area is 160 Å². The van der Waals surface area contributed by atoms with Crippen LogP contribution in [0.25, 0.3) is 34.4 Å². The third-order valence-corrected chi connectivity index (χ3v) is 0.375. The van der Waals surface area contributed by atoms with E-state index in [-0.39, 0.29) is 128 Å². The van der Waals surface area contributed by atoms with Crippen molar-refractivity contribution in [2.24, 2.45) is 0 Å². The summed E-state index contributed by atoms with van der Waals surface area (Å²) in [5, 5.41) is 0. The maximum absolute atomic E-state index is 6.26. The van der Waals surface area contributed by atoms with Crippen LogP contribution in [-0.4, -0.2) is 39.3 Å². The van der Waals surface area contributed by atoms with Gasteiger partial charge in [-0.25, -0.2) is 0 Å². The Morgan fingerprint density at radius 3 is 0.438 bits per heavy atom. The van der Waals surface area contributed by atoms with Gasteiger partial charge in [-0.3, -0.25) is 0 Å². The molecule has 0 aliphatic heterocycles. The van der Waals surface area contributed by atoms with Crippen LogP contribution in [0.3, 0.4) is 0 Å². The van der Waals surface area contributed by atoms with Crippen molar-refractivity contribution in [3.8, 4) is 0 Å². The van der Waals surface area contributed by atoms with Crippen molar-refractivity contribution in [1.29, 1.82) is 0 Å². The third kappa shape index (κ3) is 132. The molecule has 0 aromatic heterocycles. The Morgan fingerprint density at radius 1 is 0.375 bits per heavy atom. The van der Waals surface area contributed by atoms with E-state index in [4.69, 9.17) is 34.4 Å². The van der Waals surface area contributed by atoms with Crippen LogP contribution in [0.4, 0.5) is 0 Å². The van der Waals surface area contributed by atoms with Crippen LogP contribution in [0.2, 0.25) is 0 Å². The number of halogens is 3. The molecule has 0 saturated carbocycles. The molecule has 0 amide bonds. The van der Waals surface area contributed by atoms with Crippen molar-refractivity contribution in [2.75, 3.05) is 39.3 Å². The molecule has 0 bridgehead atoms. The number of nitrogens with one attached hydrogen (secondary N) is 6. The second-order valence-corrected chi connectivity index (χ2v) is 1.50. The molecule has 6 N–H and O–H groups in total. The molecular weight excluding hydrogens is 596 g/mol. The van der Waals surface area contributed by atoms with Crippen molar-refractivity contribution >= 4 is 0 Å². The Balaban J connectivity index is -0.0000000135. The molecule has 0 radical (unpaired) electrons. The molecule has 0 aromatic carbocycles. The minimum Gasteiger partial charge on any atom is -1.00 e. The summed E-state index contributed by atoms with van der Waals surface area (Å²) in [4.78, 5) is 0. The Bertz CT molecular complexity index is 43.7. The monoisotopic (exact) mass is 614 g/mol. The molecule has 0 atom stereocenters. The first-order valence-corrected chi connectivity index (χ1v) is 3.62. The van der Waals surface area contributed by atoms with Crippen LogP contribution in [0.15, 0.2) is 0 Å². The van der Waals surface area contributed by atoms with Gasteiger partial charge in [-0.1, -0.05) is 0 Å². The number of rotatable bonds is 3. The van der Waals surface area contributed by atoms with Crippen molar-refractivity contribution in [3.63, 3.8) is 0 Å².